The molecule has 23 heavy (non-hydrogen) atoms. The van der Waals surface area contributed by atoms with Gasteiger partial charge in [0, 0.05) is 6.42 Å². The van der Waals surface area contributed by atoms with Crippen LogP contribution in [0.2, 0.25) is 0 Å². The van der Waals surface area contributed by atoms with E-state index in [1.807, 2.05) is 30.4 Å². The van der Waals surface area contributed by atoms with Crippen LogP contribution in [0.25, 0.3) is 0 Å². The van der Waals surface area contributed by atoms with Crippen molar-refractivity contribution in [2.75, 3.05) is 0 Å². The Bertz CT molecular complexity index is 428. The molecule has 3 heteroatoms. The average Bonchev–Trinajstić information content (AvgIpc) is 2.52. The van der Waals surface area contributed by atoms with Crippen LogP contribution in [0.4, 0.5) is 0 Å². The van der Waals surface area contributed by atoms with E-state index in [1.165, 1.54) is 0 Å². The van der Waals surface area contributed by atoms with E-state index in [4.69, 9.17) is 5.11 Å². The third kappa shape index (κ3) is 18.1. The van der Waals surface area contributed by atoms with Crippen LogP contribution < -0.4 is 0 Å². The number of rotatable bonds is 13. The molecule has 0 aromatic carbocycles. The van der Waals surface area contributed by atoms with Crippen molar-refractivity contribution in [1.29, 1.82) is 0 Å². The lowest BCUT2D eigenvalue weighted by atomic mass is 10.2. The fraction of sp³-hybridized carbons (Fsp3) is 0.450. The zero-order chi connectivity index (χ0) is 17.2. The number of aliphatic hydroxyl groups excluding tert-OH is 1. The van der Waals surface area contributed by atoms with Gasteiger partial charge in [-0.05, 0) is 38.5 Å². The van der Waals surface area contributed by atoms with Crippen LogP contribution in [0.1, 0.15) is 51.9 Å². The summed E-state index contributed by atoms with van der Waals surface area (Å²) in [5, 5.41) is 18.2. The zero-order valence-electron chi connectivity index (χ0n) is 14.1. The van der Waals surface area contributed by atoms with Crippen molar-refractivity contribution in [3.05, 3.63) is 60.8 Å². The molecule has 0 aliphatic heterocycles. The summed E-state index contributed by atoms with van der Waals surface area (Å²) in [6.07, 6.45) is 24.6. The van der Waals surface area contributed by atoms with Gasteiger partial charge >= 0.3 is 5.97 Å². The molecule has 0 fully saturated rings. The van der Waals surface area contributed by atoms with Crippen LogP contribution in [-0.4, -0.2) is 22.3 Å². The van der Waals surface area contributed by atoms with Gasteiger partial charge in [0.05, 0.1) is 6.10 Å². The van der Waals surface area contributed by atoms with E-state index < -0.39 is 12.1 Å². The van der Waals surface area contributed by atoms with E-state index in [0.29, 0.717) is 12.8 Å². The average molecular weight is 318 g/mol. The number of hydrogen-bond donors (Lipinski definition) is 2. The maximum atomic E-state index is 10.3. The highest BCUT2D eigenvalue weighted by Gasteiger charge is 1.95. The van der Waals surface area contributed by atoms with E-state index in [1.54, 1.807) is 6.08 Å². The van der Waals surface area contributed by atoms with Gasteiger partial charge in [0.2, 0.25) is 0 Å². The first-order valence-corrected chi connectivity index (χ1v) is 8.35. The molecule has 0 aromatic rings. The minimum Gasteiger partial charge on any atom is -0.481 e. The summed E-state index contributed by atoms with van der Waals surface area (Å²) in [7, 11) is 0. The first kappa shape index (κ1) is 21.1. The highest BCUT2D eigenvalue weighted by Crippen LogP contribution is 2.01. The molecule has 0 aliphatic rings. The fourth-order valence-electron chi connectivity index (χ4n) is 1.77. The Balaban J connectivity index is 3.68. The van der Waals surface area contributed by atoms with Crippen LogP contribution >= 0.6 is 0 Å². The molecule has 0 heterocycles. The SMILES string of the molecule is CC/C=C\C/C=C\C/C=C\C=C\C(O)C/C=C\CCCC(=O)O. The number of carboxylic acids is 1. The first-order valence-electron chi connectivity index (χ1n) is 8.35. The zero-order valence-corrected chi connectivity index (χ0v) is 14.1. The minimum absolute atomic E-state index is 0.195. The maximum absolute atomic E-state index is 10.3. The van der Waals surface area contributed by atoms with Gasteiger partial charge in [-0.25, -0.2) is 0 Å². The summed E-state index contributed by atoms with van der Waals surface area (Å²) in [5.74, 6) is -0.763. The Kier molecular flexibility index (Phi) is 15.2. The molecule has 1 atom stereocenters. The predicted octanol–water partition coefficient (Wildman–Crippen LogP) is 4.96. The molecular weight excluding hydrogens is 288 g/mol. The van der Waals surface area contributed by atoms with Gasteiger partial charge < -0.3 is 10.2 Å². The molecule has 0 saturated carbocycles. The third-order valence-electron chi connectivity index (χ3n) is 3.00. The van der Waals surface area contributed by atoms with Crippen molar-refractivity contribution in [3.63, 3.8) is 0 Å². The smallest absolute Gasteiger partial charge is 0.303 e. The second-order valence-corrected chi connectivity index (χ2v) is 5.20. The highest BCUT2D eigenvalue weighted by atomic mass is 16.4. The molecule has 0 aliphatic carbocycles. The summed E-state index contributed by atoms with van der Waals surface area (Å²) >= 11 is 0. The van der Waals surface area contributed by atoms with E-state index >= 15 is 0 Å². The number of allylic oxidation sites excluding steroid dienone is 8. The Morgan fingerprint density at radius 3 is 2.35 bits per heavy atom. The molecule has 0 spiro atoms. The van der Waals surface area contributed by atoms with E-state index in [9.17, 15) is 9.90 Å². The molecule has 128 valence electrons. The Labute approximate surface area is 140 Å². The van der Waals surface area contributed by atoms with E-state index in [0.717, 1.165) is 25.7 Å². The normalized spacial score (nSPS) is 14.2. The topological polar surface area (TPSA) is 57.5 Å². The van der Waals surface area contributed by atoms with Gasteiger partial charge in [0.25, 0.3) is 0 Å². The van der Waals surface area contributed by atoms with Crippen LogP contribution in [0.3, 0.4) is 0 Å². The molecule has 0 saturated heterocycles. The van der Waals surface area contributed by atoms with Crippen molar-refractivity contribution in [2.24, 2.45) is 0 Å². The second-order valence-electron chi connectivity index (χ2n) is 5.20. The number of unbranched alkanes of at least 4 members (excludes halogenated alkanes) is 1. The predicted molar refractivity (Wildman–Crippen MR) is 97.3 cm³/mol. The van der Waals surface area contributed by atoms with E-state index in [2.05, 4.69) is 31.2 Å². The Morgan fingerprint density at radius 1 is 0.957 bits per heavy atom. The molecule has 3 nitrogen and oxygen atoms in total. The van der Waals surface area contributed by atoms with Crippen molar-refractivity contribution in [1.82, 2.24) is 0 Å². The Morgan fingerprint density at radius 2 is 1.65 bits per heavy atom. The van der Waals surface area contributed by atoms with Crippen LogP contribution in [0.15, 0.2) is 60.8 Å². The highest BCUT2D eigenvalue weighted by molar-refractivity contribution is 5.66. The van der Waals surface area contributed by atoms with Crippen LogP contribution in [0.5, 0.6) is 0 Å². The van der Waals surface area contributed by atoms with E-state index in [-0.39, 0.29) is 6.42 Å². The van der Waals surface area contributed by atoms with Crippen molar-refractivity contribution in [3.8, 4) is 0 Å². The molecule has 2 N–H and O–H groups in total. The number of hydrogen-bond acceptors (Lipinski definition) is 2. The number of carboxylic acid groups (broad SMARTS) is 1. The van der Waals surface area contributed by atoms with Crippen molar-refractivity contribution in [2.45, 2.75) is 58.0 Å². The van der Waals surface area contributed by atoms with Crippen LogP contribution in [0, 0.1) is 0 Å². The number of aliphatic carboxylic acids is 1. The summed E-state index contributed by atoms with van der Waals surface area (Å²) < 4.78 is 0. The van der Waals surface area contributed by atoms with Gasteiger partial charge in [0.1, 0.15) is 0 Å². The first-order chi connectivity index (χ1) is 11.2. The lowest BCUT2D eigenvalue weighted by Gasteiger charge is -1.99. The summed E-state index contributed by atoms with van der Waals surface area (Å²) in [6.45, 7) is 2.12. The molecule has 0 aromatic heterocycles. The van der Waals surface area contributed by atoms with Gasteiger partial charge in [-0.3, -0.25) is 4.79 Å². The monoisotopic (exact) mass is 318 g/mol. The summed E-state index contributed by atoms with van der Waals surface area (Å²) in [6, 6.07) is 0. The van der Waals surface area contributed by atoms with Crippen LogP contribution in [-0.2, 0) is 4.79 Å². The lowest BCUT2D eigenvalue weighted by molar-refractivity contribution is -0.137. The molecule has 0 amide bonds. The van der Waals surface area contributed by atoms with Gasteiger partial charge in [-0.15, -0.1) is 0 Å². The summed E-state index contributed by atoms with van der Waals surface area (Å²) in [4.78, 5) is 10.3. The van der Waals surface area contributed by atoms with Gasteiger partial charge in [0.15, 0.2) is 0 Å². The van der Waals surface area contributed by atoms with Crippen molar-refractivity contribution >= 4 is 5.97 Å². The largest absolute Gasteiger partial charge is 0.481 e. The summed E-state index contributed by atoms with van der Waals surface area (Å²) in [5.41, 5.74) is 0. The third-order valence-corrected chi connectivity index (χ3v) is 3.00. The molecule has 1 unspecified atom stereocenters. The van der Waals surface area contributed by atoms with Crippen molar-refractivity contribution < 1.29 is 15.0 Å². The quantitative estimate of drug-likeness (QED) is 0.286. The Hall–Kier alpha value is -1.87. The lowest BCUT2D eigenvalue weighted by Crippen LogP contribution is -1.98. The fourth-order valence-corrected chi connectivity index (χ4v) is 1.77. The van der Waals surface area contributed by atoms with Gasteiger partial charge in [-0.1, -0.05) is 67.7 Å². The molecule has 0 rings (SSSR count). The second kappa shape index (κ2) is 16.5. The molecule has 0 bridgehead atoms. The van der Waals surface area contributed by atoms with Gasteiger partial charge in [-0.2, -0.15) is 0 Å². The minimum atomic E-state index is -0.763. The molecule has 0 radical (unpaired) electrons. The number of carbonyl (C=O) groups is 1. The number of aliphatic hydroxyl groups is 1. The molecular formula is C20H30O3. The maximum Gasteiger partial charge on any atom is 0.303 e. The standard InChI is InChI=1S/C20H30O3/c1-2-3-4-5-6-7-8-9-10-13-16-19(21)17-14-11-12-15-18-20(22)23/h3-4,6-7,9-11,13-14,16,19,21H,2,5,8,12,15,17-18H2,1H3,(H,22,23)/b4-3-,7-6-,10-9-,14-11-,16-13+.